The number of carbonyl (C=O) groups excluding carboxylic acids is 1. The molecule has 1 N–H and O–H groups in total. The zero-order chi connectivity index (χ0) is 12.8. The Kier molecular flexibility index (Phi) is 5.58. The molecule has 0 amide bonds. The van der Waals surface area contributed by atoms with Gasteiger partial charge in [0.05, 0.1) is 6.61 Å². The summed E-state index contributed by atoms with van der Waals surface area (Å²) in [5, 5.41) is 2.91. The summed E-state index contributed by atoms with van der Waals surface area (Å²) in [4.78, 5) is 11.7. The van der Waals surface area contributed by atoms with Crippen LogP contribution in [0, 0.1) is 5.82 Å². The van der Waals surface area contributed by atoms with Crippen molar-refractivity contribution in [2.75, 3.05) is 13.2 Å². The van der Waals surface area contributed by atoms with Crippen molar-refractivity contribution in [3.63, 3.8) is 0 Å². The third-order valence-electron chi connectivity index (χ3n) is 2.20. The Balaban J connectivity index is 3.00. The van der Waals surface area contributed by atoms with Crippen LogP contribution in [-0.2, 0) is 9.53 Å². The summed E-state index contributed by atoms with van der Waals surface area (Å²) >= 11 is 3.18. The van der Waals surface area contributed by atoms with E-state index in [4.69, 9.17) is 4.74 Å². The van der Waals surface area contributed by atoms with Crippen LogP contribution in [0.5, 0.6) is 0 Å². The van der Waals surface area contributed by atoms with Crippen molar-refractivity contribution in [3.05, 3.63) is 34.1 Å². The number of benzene rings is 1. The fourth-order valence-electron chi connectivity index (χ4n) is 1.49. The molecular formula is C12H15BrFNO2. The molecule has 0 fully saturated rings. The zero-order valence-electron chi connectivity index (χ0n) is 9.80. The Morgan fingerprint density at radius 3 is 2.76 bits per heavy atom. The third kappa shape index (κ3) is 3.78. The van der Waals surface area contributed by atoms with E-state index in [-0.39, 0.29) is 6.61 Å². The van der Waals surface area contributed by atoms with Crippen molar-refractivity contribution in [3.8, 4) is 0 Å². The maximum absolute atomic E-state index is 13.7. The Morgan fingerprint density at radius 1 is 1.53 bits per heavy atom. The molecule has 0 aliphatic carbocycles. The number of likely N-dealkylation sites (N-methyl/N-ethyl adjacent to an activating group) is 1. The molecule has 0 saturated heterocycles. The molecule has 1 rings (SSSR count). The van der Waals surface area contributed by atoms with Gasteiger partial charge in [0, 0.05) is 10.0 Å². The van der Waals surface area contributed by atoms with Gasteiger partial charge in [-0.25, -0.2) is 9.18 Å². The van der Waals surface area contributed by atoms with Crippen LogP contribution in [0.15, 0.2) is 22.7 Å². The number of carbonyl (C=O) groups is 1. The van der Waals surface area contributed by atoms with Crippen LogP contribution in [-0.4, -0.2) is 19.1 Å². The number of esters is 1. The molecule has 1 aromatic rings. The summed E-state index contributed by atoms with van der Waals surface area (Å²) in [6.07, 6.45) is 0. The van der Waals surface area contributed by atoms with Gasteiger partial charge in [0.1, 0.15) is 11.9 Å². The Hall–Kier alpha value is -0.940. The van der Waals surface area contributed by atoms with Crippen LogP contribution in [0.3, 0.4) is 0 Å². The van der Waals surface area contributed by atoms with Gasteiger partial charge in [-0.1, -0.05) is 28.9 Å². The largest absolute Gasteiger partial charge is 0.465 e. The topological polar surface area (TPSA) is 38.3 Å². The molecule has 0 radical (unpaired) electrons. The summed E-state index contributed by atoms with van der Waals surface area (Å²) in [5.41, 5.74) is 0.300. The van der Waals surface area contributed by atoms with Gasteiger partial charge < -0.3 is 10.1 Å². The normalized spacial score (nSPS) is 12.2. The van der Waals surface area contributed by atoms with Gasteiger partial charge in [0.25, 0.3) is 0 Å². The average molecular weight is 304 g/mol. The van der Waals surface area contributed by atoms with E-state index >= 15 is 0 Å². The van der Waals surface area contributed by atoms with E-state index in [0.717, 1.165) is 0 Å². The fraction of sp³-hybridized carbons (Fsp3) is 0.417. The number of rotatable bonds is 5. The highest BCUT2D eigenvalue weighted by Gasteiger charge is 2.23. The molecule has 1 unspecified atom stereocenters. The summed E-state index contributed by atoms with van der Waals surface area (Å²) in [5.74, 6) is -0.894. The smallest absolute Gasteiger partial charge is 0.327 e. The third-order valence-corrected chi connectivity index (χ3v) is 2.70. The average Bonchev–Trinajstić information content (AvgIpc) is 2.27. The SMILES string of the molecule is CCNC(C(=O)OCC)c1ccc(Br)cc1F. The number of hydrogen-bond donors (Lipinski definition) is 1. The van der Waals surface area contributed by atoms with Crippen LogP contribution in [0.2, 0.25) is 0 Å². The highest BCUT2D eigenvalue weighted by Crippen LogP contribution is 2.22. The molecule has 0 aliphatic rings. The second-order valence-electron chi connectivity index (χ2n) is 3.41. The van der Waals surface area contributed by atoms with Gasteiger partial charge in [0.2, 0.25) is 0 Å². The first-order valence-corrected chi connectivity index (χ1v) is 6.24. The molecule has 1 aromatic carbocycles. The van der Waals surface area contributed by atoms with E-state index < -0.39 is 17.8 Å². The maximum Gasteiger partial charge on any atom is 0.327 e. The molecule has 17 heavy (non-hydrogen) atoms. The first-order valence-electron chi connectivity index (χ1n) is 5.45. The van der Waals surface area contributed by atoms with Crippen LogP contribution >= 0.6 is 15.9 Å². The zero-order valence-corrected chi connectivity index (χ0v) is 11.4. The van der Waals surface area contributed by atoms with Crippen molar-refractivity contribution >= 4 is 21.9 Å². The lowest BCUT2D eigenvalue weighted by molar-refractivity contribution is -0.145. The van der Waals surface area contributed by atoms with Gasteiger partial charge >= 0.3 is 5.97 Å². The molecule has 0 aliphatic heterocycles. The van der Waals surface area contributed by atoms with Crippen LogP contribution < -0.4 is 5.32 Å². The van der Waals surface area contributed by atoms with E-state index in [1.165, 1.54) is 6.07 Å². The van der Waals surface area contributed by atoms with Crippen molar-refractivity contribution in [1.82, 2.24) is 5.32 Å². The van der Waals surface area contributed by atoms with Crippen LogP contribution in [0.4, 0.5) is 4.39 Å². The van der Waals surface area contributed by atoms with Gasteiger partial charge in [-0.15, -0.1) is 0 Å². The monoisotopic (exact) mass is 303 g/mol. The Morgan fingerprint density at radius 2 is 2.24 bits per heavy atom. The van der Waals surface area contributed by atoms with Gasteiger partial charge in [0.15, 0.2) is 0 Å². The minimum atomic E-state index is -0.756. The minimum Gasteiger partial charge on any atom is -0.465 e. The van der Waals surface area contributed by atoms with E-state index in [9.17, 15) is 9.18 Å². The van der Waals surface area contributed by atoms with E-state index in [1.54, 1.807) is 19.1 Å². The predicted molar refractivity (Wildman–Crippen MR) is 67.2 cm³/mol. The highest BCUT2D eigenvalue weighted by molar-refractivity contribution is 9.10. The van der Waals surface area contributed by atoms with Gasteiger partial charge in [-0.05, 0) is 25.6 Å². The lowest BCUT2D eigenvalue weighted by Gasteiger charge is -2.17. The van der Waals surface area contributed by atoms with Crippen molar-refractivity contribution in [1.29, 1.82) is 0 Å². The van der Waals surface area contributed by atoms with Crippen molar-refractivity contribution in [2.24, 2.45) is 0 Å². The van der Waals surface area contributed by atoms with E-state index in [0.29, 0.717) is 16.6 Å². The number of halogens is 2. The maximum atomic E-state index is 13.7. The lowest BCUT2D eigenvalue weighted by Crippen LogP contribution is -2.30. The Bertz CT molecular complexity index is 398. The molecule has 5 heteroatoms. The number of ether oxygens (including phenoxy) is 1. The summed E-state index contributed by atoms with van der Waals surface area (Å²) in [7, 11) is 0. The molecule has 1 atom stereocenters. The predicted octanol–water partition coefficient (Wildman–Crippen LogP) is 2.80. The van der Waals surface area contributed by atoms with Crippen LogP contribution in [0.1, 0.15) is 25.5 Å². The second kappa shape index (κ2) is 6.71. The van der Waals surface area contributed by atoms with Crippen molar-refractivity contribution < 1.29 is 13.9 Å². The summed E-state index contributed by atoms with van der Waals surface area (Å²) in [6, 6.07) is 3.85. The molecule has 0 spiro atoms. The van der Waals surface area contributed by atoms with Gasteiger partial charge in [-0.3, -0.25) is 0 Å². The Labute approximate surface area is 108 Å². The molecule has 3 nitrogen and oxygen atoms in total. The van der Waals surface area contributed by atoms with Gasteiger partial charge in [-0.2, -0.15) is 0 Å². The summed E-state index contributed by atoms with van der Waals surface area (Å²) < 4.78 is 19.3. The summed E-state index contributed by atoms with van der Waals surface area (Å²) in [6.45, 7) is 4.40. The van der Waals surface area contributed by atoms with E-state index in [2.05, 4.69) is 21.2 Å². The first-order chi connectivity index (χ1) is 8.10. The van der Waals surface area contributed by atoms with Crippen molar-refractivity contribution in [2.45, 2.75) is 19.9 Å². The fourth-order valence-corrected chi connectivity index (χ4v) is 1.82. The molecule has 94 valence electrons. The first kappa shape index (κ1) is 14.1. The molecule has 0 bridgehead atoms. The number of hydrogen-bond acceptors (Lipinski definition) is 3. The molecule has 0 saturated carbocycles. The van der Waals surface area contributed by atoms with Crippen LogP contribution in [0.25, 0.3) is 0 Å². The standard InChI is InChI=1S/C12H15BrFNO2/c1-3-15-11(12(16)17-4-2)9-6-5-8(13)7-10(9)14/h5-7,11,15H,3-4H2,1-2H3. The molecular weight excluding hydrogens is 289 g/mol. The minimum absolute atomic E-state index is 0.277. The lowest BCUT2D eigenvalue weighted by atomic mass is 10.1. The highest BCUT2D eigenvalue weighted by atomic mass is 79.9. The molecule has 0 heterocycles. The quantitative estimate of drug-likeness (QED) is 0.850. The van der Waals surface area contributed by atoms with E-state index in [1.807, 2.05) is 6.92 Å². The molecule has 0 aromatic heterocycles. The number of nitrogens with one attached hydrogen (secondary N) is 1. The second-order valence-corrected chi connectivity index (χ2v) is 4.32.